The molecule has 0 bridgehead atoms. The molecule has 0 amide bonds. The second-order valence-electron chi connectivity index (χ2n) is 4.27. The maximum Gasteiger partial charge on any atom is 0.491 e. The fourth-order valence-electron chi connectivity index (χ4n) is 1.79. The van der Waals surface area contributed by atoms with Crippen molar-refractivity contribution >= 4 is 12.6 Å². The van der Waals surface area contributed by atoms with E-state index in [1.165, 1.54) is 12.1 Å². The summed E-state index contributed by atoms with van der Waals surface area (Å²) in [5, 5.41) is 18.1. The molecule has 1 aromatic heterocycles. The van der Waals surface area contributed by atoms with Crippen molar-refractivity contribution in [2.24, 2.45) is 0 Å². The summed E-state index contributed by atoms with van der Waals surface area (Å²) in [5.41, 5.74) is 2.66. The van der Waals surface area contributed by atoms with Crippen molar-refractivity contribution in [1.82, 2.24) is 9.55 Å². The minimum atomic E-state index is -1.80. The summed E-state index contributed by atoms with van der Waals surface area (Å²) in [6.07, 6.45) is 1.71. The normalized spacial score (nSPS) is 10.7. The van der Waals surface area contributed by atoms with Gasteiger partial charge in [0.2, 0.25) is 0 Å². The highest BCUT2D eigenvalue weighted by Crippen LogP contribution is 2.09. The van der Waals surface area contributed by atoms with Crippen molar-refractivity contribution in [3.05, 3.63) is 47.3 Å². The molecule has 0 radical (unpaired) electrons. The summed E-state index contributed by atoms with van der Waals surface area (Å²) in [5.74, 6) is -0.618. The minimum Gasteiger partial charge on any atom is -0.423 e. The number of aromatic nitrogens is 2. The van der Waals surface area contributed by atoms with Gasteiger partial charge in [0.15, 0.2) is 0 Å². The number of imidazole rings is 1. The third-order valence-electron chi connectivity index (χ3n) is 3.04. The molecule has 1 heterocycles. The summed E-state index contributed by atoms with van der Waals surface area (Å²) in [4.78, 5) is 4.18. The molecule has 0 atom stereocenters. The predicted molar refractivity (Wildman–Crippen MR) is 67.0 cm³/mol. The van der Waals surface area contributed by atoms with E-state index in [0.717, 1.165) is 17.0 Å². The van der Waals surface area contributed by atoms with E-state index in [9.17, 15) is 4.39 Å². The Kier molecular flexibility index (Phi) is 3.49. The zero-order valence-electron chi connectivity index (χ0n) is 10.3. The molecule has 2 rings (SSSR count). The summed E-state index contributed by atoms with van der Waals surface area (Å²) in [6, 6.07) is 4.31. The van der Waals surface area contributed by atoms with Crippen molar-refractivity contribution < 1.29 is 14.4 Å². The van der Waals surface area contributed by atoms with Gasteiger partial charge < -0.3 is 14.6 Å². The monoisotopic (exact) mass is 248 g/mol. The first kappa shape index (κ1) is 12.8. The highest BCUT2D eigenvalue weighted by atomic mass is 19.1. The second-order valence-corrected chi connectivity index (χ2v) is 4.27. The molecule has 0 aliphatic heterocycles. The Morgan fingerprint density at radius 2 is 2.06 bits per heavy atom. The van der Waals surface area contributed by atoms with Gasteiger partial charge in [0, 0.05) is 17.7 Å². The zero-order chi connectivity index (χ0) is 13.3. The molecule has 0 fully saturated rings. The average Bonchev–Trinajstić information content (AvgIpc) is 2.63. The van der Waals surface area contributed by atoms with Gasteiger partial charge in [-0.2, -0.15) is 0 Å². The summed E-state index contributed by atoms with van der Waals surface area (Å²) in [6.45, 7) is 4.39. The largest absolute Gasteiger partial charge is 0.491 e. The van der Waals surface area contributed by atoms with Crippen LogP contribution in [0.25, 0.3) is 0 Å². The Balaban J connectivity index is 2.30. The maximum atomic E-state index is 13.3. The smallest absolute Gasteiger partial charge is 0.423 e. The van der Waals surface area contributed by atoms with E-state index in [4.69, 9.17) is 10.0 Å². The van der Waals surface area contributed by atoms with Gasteiger partial charge in [-0.1, -0.05) is 12.1 Å². The Hall–Kier alpha value is -1.66. The molecule has 0 saturated heterocycles. The number of hydrogen-bond acceptors (Lipinski definition) is 3. The topological polar surface area (TPSA) is 58.3 Å². The Bertz CT molecular complexity index is 569. The number of hydrogen-bond donors (Lipinski definition) is 2. The maximum absolute atomic E-state index is 13.3. The van der Waals surface area contributed by atoms with Crippen LogP contribution in [-0.4, -0.2) is 26.7 Å². The van der Waals surface area contributed by atoms with Crippen molar-refractivity contribution in [3.63, 3.8) is 0 Å². The number of halogens is 1. The van der Waals surface area contributed by atoms with Crippen LogP contribution in [-0.2, 0) is 6.54 Å². The van der Waals surface area contributed by atoms with E-state index >= 15 is 0 Å². The fraction of sp³-hybridized carbons (Fsp3) is 0.250. The Morgan fingerprint density at radius 3 is 2.61 bits per heavy atom. The van der Waals surface area contributed by atoms with Crippen LogP contribution in [0.4, 0.5) is 4.39 Å². The third-order valence-corrected chi connectivity index (χ3v) is 3.04. The molecule has 4 nitrogen and oxygen atoms in total. The molecule has 0 saturated carbocycles. The Labute approximate surface area is 105 Å². The lowest BCUT2D eigenvalue weighted by Crippen LogP contribution is -2.33. The van der Waals surface area contributed by atoms with Crippen molar-refractivity contribution in [2.45, 2.75) is 20.4 Å². The van der Waals surface area contributed by atoms with Gasteiger partial charge in [-0.3, -0.25) is 0 Å². The Morgan fingerprint density at radius 1 is 1.33 bits per heavy atom. The van der Waals surface area contributed by atoms with Gasteiger partial charge in [-0.05, 0) is 25.5 Å². The van der Waals surface area contributed by atoms with Crippen LogP contribution in [0.3, 0.4) is 0 Å². The molecule has 94 valence electrons. The first-order valence-electron chi connectivity index (χ1n) is 5.62. The van der Waals surface area contributed by atoms with Gasteiger partial charge in [0.05, 0.1) is 12.0 Å². The van der Waals surface area contributed by atoms with E-state index in [0.29, 0.717) is 6.54 Å². The molecule has 18 heavy (non-hydrogen) atoms. The summed E-state index contributed by atoms with van der Waals surface area (Å²) in [7, 11) is -1.80. The molecule has 0 unspecified atom stereocenters. The highest BCUT2D eigenvalue weighted by Gasteiger charge is 2.17. The van der Waals surface area contributed by atoms with Crippen LogP contribution >= 0.6 is 0 Å². The van der Waals surface area contributed by atoms with E-state index in [2.05, 4.69) is 4.98 Å². The second kappa shape index (κ2) is 4.92. The summed E-state index contributed by atoms with van der Waals surface area (Å²) >= 11 is 0. The average molecular weight is 248 g/mol. The fourth-order valence-corrected chi connectivity index (χ4v) is 1.79. The van der Waals surface area contributed by atoms with Gasteiger partial charge in [0.25, 0.3) is 0 Å². The number of nitrogens with zero attached hydrogens (tertiary/aromatic N) is 2. The molecule has 6 heteroatoms. The van der Waals surface area contributed by atoms with Crippen LogP contribution in [0, 0.1) is 19.7 Å². The minimum absolute atomic E-state index is 0.109. The van der Waals surface area contributed by atoms with Gasteiger partial charge >= 0.3 is 7.12 Å². The number of rotatable bonds is 3. The number of aryl methyl sites for hydroxylation is 1. The number of benzene rings is 1. The summed E-state index contributed by atoms with van der Waals surface area (Å²) < 4.78 is 15.2. The van der Waals surface area contributed by atoms with Crippen molar-refractivity contribution in [3.8, 4) is 0 Å². The van der Waals surface area contributed by atoms with E-state index in [1.54, 1.807) is 12.4 Å². The zero-order valence-corrected chi connectivity index (χ0v) is 10.3. The van der Waals surface area contributed by atoms with Gasteiger partial charge in [0.1, 0.15) is 5.82 Å². The predicted octanol–water partition coefficient (Wildman–Crippen LogP) is 0.367. The molecule has 2 aromatic rings. The SMILES string of the molecule is Cc1ncn(Cc2ccc(F)c(B(O)O)c2)c1C. The van der Waals surface area contributed by atoms with Crippen LogP contribution in [0.1, 0.15) is 17.0 Å². The van der Waals surface area contributed by atoms with Gasteiger partial charge in [-0.25, -0.2) is 9.37 Å². The van der Waals surface area contributed by atoms with Crippen LogP contribution in [0.5, 0.6) is 0 Å². The quantitative estimate of drug-likeness (QED) is 0.771. The standard InChI is InChI=1S/C12H14BFN2O2/c1-8-9(2)16(7-15-8)6-10-3-4-12(14)11(5-10)13(17)18/h3-5,7,17-18H,6H2,1-2H3. The van der Waals surface area contributed by atoms with E-state index in [-0.39, 0.29) is 5.46 Å². The van der Waals surface area contributed by atoms with Crippen LogP contribution in [0.2, 0.25) is 0 Å². The first-order valence-corrected chi connectivity index (χ1v) is 5.62. The third kappa shape index (κ3) is 2.44. The molecule has 1 aromatic carbocycles. The van der Waals surface area contributed by atoms with E-state index in [1.807, 2.05) is 18.4 Å². The molecule has 0 spiro atoms. The lowest BCUT2D eigenvalue weighted by molar-refractivity contribution is 0.423. The van der Waals surface area contributed by atoms with Gasteiger partial charge in [-0.15, -0.1) is 0 Å². The van der Waals surface area contributed by atoms with Crippen molar-refractivity contribution in [1.29, 1.82) is 0 Å². The van der Waals surface area contributed by atoms with Crippen LogP contribution < -0.4 is 5.46 Å². The van der Waals surface area contributed by atoms with Crippen LogP contribution in [0.15, 0.2) is 24.5 Å². The highest BCUT2D eigenvalue weighted by molar-refractivity contribution is 6.58. The molecular formula is C12H14BFN2O2. The lowest BCUT2D eigenvalue weighted by atomic mass is 9.79. The molecule has 0 aliphatic carbocycles. The molecule has 0 aliphatic rings. The lowest BCUT2D eigenvalue weighted by Gasteiger charge is -2.08. The molecule has 2 N–H and O–H groups in total. The first-order chi connectivity index (χ1) is 8.49. The van der Waals surface area contributed by atoms with Crippen molar-refractivity contribution in [2.75, 3.05) is 0 Å². The van der Waals surface area contributed by atoms with E-state index < -0.39 is 12.9 Å². The molecular weight excluding hydrogens is 234 g/mol.